The van der Waals surface area contributed by atoms with Crippen molar-refractivity contribution in [2.75, 3.05) is 13.3 Å². The van der Waals surface area contributed by atoms with Gasteiger partial charge in [0.05, 0.1) is 6.20 Å². The second kappa shape index (κ2) is 8.44. The Bertz CT molecular complexity index is 933. The summed E-state index contributed by atoms with van der Waals surface area (Å²) in [5.41, 5.74) is 4.96. The Balaban J connectivity index is 1.81. The van der Waals surface area contributed by atoms with Crippen LogP contribution in [-0.2, 0) is 6.54 Å². The number of nitrogens with one attached hydrogen (secondary N) is 1. The molecule has 1 aromatic heterocycles. The average molecular weight is 380 g/mol. The number of carbonyl (C=O) groups excluding carboxylic acids is 1. The highest BCUT2D eigenvalue weighted by atomic mass is 32.2. The summed E-state index contributed by atoms with van der Waals surface area (Å²) < 4.78 is 0. The van der Waals surface area contributed by atoms with E-state index in [0.29, 0.717) is 18.0 Å². The fraction of sp³-hybridized carbons (Fsp3) is 0.273. The molecule has 0 aliphatic rings. The van der Waals surface area contributed by atoms with Crippen LogP contribution in [0.5, 0.6) is 0 Å². The quantitative estimate of drug-likeness (QED) is 0.599. The molecule has 4 nitrogen and oxygen atoms in total. The lowest BCUT2D eigenvalue weighted by Crippen LogP contribution is -2.26. The van der Waals surface area contributed by atoms with Crippen molar-refractivity contribution >= 4 is 17.7 Å². The molecule has 5 heteroatoms. The summed E-state index contributed by atoms with van der Waals surface area (Å²) in [6.07, 6.45) is 3.89. The third kappa shape index (κ3) is 4.42. The van der Waals surface area contributed by atoms with E-state index in [4.69, 9.17) is 0 Å². The fourth-order valence-corrected chi connectivity index (χ4v) is 3.61. The van der Waals surface area contributed by atoms with E-state index in [1.54, 1.807) is 16.7 Å². The van der Waals surface area contributed by atoms with Crippen molar-refractivity contribution in [2.24, 2.45) is 0 Å². The maximum Gasteiger partial charge on any atom is 0.253 e. The van der Waals surface area contributed by atoms with E-state index in [1.807, 2.05) is 43.6 Å². The van der Waals surface area contributed by atoms with Gasteiger partial charge in [0.2, 0.25) is 0 Å². The van der Waals surface area contributed by atoms with Gasteiger partial charge in [0.25, 0.3) is 5.91 Å². The van der Waals surface area contributed by atoms with Crippen molar-refractivity contribution in [3.63, 3.8) is 0 Å². The first kappa shape index (κ1) is 19.2. The van der Waals surface area contributed by atoms with Gasteiger partial charge in [-0.05, 0) is 47.6 Å². The van der Waals surface area contributed by atoms with Crippen LogP contribution in [0.25, 0.3) is 11.1 Å². The molecule has 0 unspecified atom stereocenters. The number of benzene rings is 2. The molecule has 1 heterocycles. The molecular formula is C22H25N3OS. The zero-order chi connectivity index (χ0) is 19.4. The van der Waals surface area contributed by atoms with E-state index in [2.05, 4.69) is 48.5 Å². The predicted octanol–water partition coefficient (Wildman–Crippen LogP) is 5.19. The largest absolute Gasteiger partial charge is 0.337 e. The Morgan fingerprint density at radius 1 is 1.19 bits per heavy atom. The van der Waals surface area contributed by atoms with Crippen LogP contribution in [0.15, 0.2) is 59.6 Å². The number of aromatic nitrogens is 2. The van der Waals surface area contributed by atoms with Crippen molar-refractivity contribution in [1.82, 2.24) is 15.1 Å². The molecule has 0 aliphatic carbocycles. The van der Waals surface area contributed by atoms with Crippen molar-refractivity contribution < 1.29 is 4.79 Å². The molecule has 140 valence electrons. The van der Waals surface area contributed by atoms with Crippen LogP contribution < -0.4 is 0 Å². The number of aromatic amines is 1. The van der Waals surface area contributed by atoms with E-state index in [9.17, 15) is 4.79 Å². The first-order valence-corrected chi connectivity index (χ1v) is 10.2. The third-order valence-corrected chi connectivity index (χ3v) is 5.29. The number of H-pyrrole nitrogens is 1. The van der Waals surface area contributed by atoms with Crippen LogP contribution in [0.3, 0.4) is 0 Å². The van der Waals surface area contributed by atoms with Gasteiger partial charge in [0.1, 0.15) is 0 Å². The molecule has 0 saturated carbocycles. The molecule has 0 radical (unpaired) electrons. The van der Waals surface area contributed by atoms with Crippen molar-refractivity contribution in [1.29, 1.82) is 0 Å². The monoisotopic (exact) mass is 379 g/mol. The minimum atomic E-state index is 0.0148. The highest BCUT2D eigenvalue weighted by molar-refractivity contribution is 7.98. The molecule has 3 rings (SSSR count). The topological polar surface area (TPSA) is 49.0 Å². The zero-order valence-electron chi connectivity index (χ0n) is 16.2. The summed E-state index contributed by atoms with van der Waals surface area (Å²) >= 11 is 1.71. The molecule has 0 spiro atoms. The number of thioether (sulfide) groups is 1. The van der Waals surface area contributed by atoms with Gasteiger partial charge in [0, 0.05) is 35.3 Å². The average Bonchev–Trinajstić information content (AvgIpc) is 3.18. The Kier molecular flexibility index (Phi) is 6.01. The normalized spacial score (nSPS) is 11.0. The predicted molar refractivity (Wildman–Crippen MR) is 112 cm³/mol. The van der Waals surface area contributed by atoms with Gasteiger partial charge >= 0.3 is 0 Å². The van der Waals surface area contributed by atoms with Crippen LogP contribution in [0, 0.1) is 0 Å². The highest BCUT2D eigenvalue weighted by Crippen LogP contribution is 2.28. The van der Waals surface area contributed by atoms with E-state index in [-0.39, 0.29) is 5.91 Å². The van der Waals surface area contributed by atoms with Crippen LogP contribution >= 0.6 is 11.8 Å². The zero-order valence-corrected chi connectivity index (χ0v) is 17.0. The van der Waals surface area contributed by atoms with Gasteiger partial charge in [-0.1, -0.05) is 38.1 Å². The molecule has 0 saturated heterocycles. The summed E-state index contributed by atoms with van der Waals surface area (Å²) in [4.78, 5) is 15.9. The molecule has 0 bridgehead atoms. The third-order valence-electron chi connectivity index (χ3n) is 4.57. The Hall–Kier alpha value is -2.53. The van der Waals surface area contributed by atoms with E-state index >= 15 is 0 Å². The summed E-state index contributed by atoms with van der Waals surface area (Å²) in [5, 5.41) is 7.25. The molecule has 3 aromatic rings. The number of rotatable bonds is 6. The summed E-state index contributed by atoms with van der Waals surface area (Å²) in [6.45, 7) is 4.84. The number of amides is 1. The van der Waals surface area contributed by atoms with Gasteiger partial charge in [-0.25, -0.2) is 0 Å². The molecule has 1 amide bonds. The summed E-state index contributed by atoms with van der Waals surface area (Å²) in [7, 11) is 1.85. The minimum Gasteiger partial charge on any atom is -0.337 e. The number of carbonyl (C=O) groups is 1. The first-order chi connectivity index (χ1) is 13.0. The summed E-state index contributed by atoms with van der Waals surface area (Å²) in [6, 6.07) is 16.1. The second-order valence-electron chi connectivity index (χ2n) is 6.95. The van der Waals surface area contributed by atoms with E-state index in [1.165, 1.54) is 4.90 Å². The molecule has 27 heavy (non-hydrogen) atoms. The van der Waals surface area contributed by atoms with Crippen molar-refractivity contribution in [3.8, 4) is 11.1 Å². The molecule has 0 aliphatic heterocycles. The Labute approximate surface area is 165 Å². The van der Waals surface area contributed by atoms with Gasteiger partial charge in [0.15, 0.2) is 0 Å². The van der Waals surface area contributed by atoms with E-state index < -0.39 is 0 Å². The molecular weight excluding hydrogens is 354 g/mol. The summed E-state index contributed by atoms with van der Waals surface area (Å²) in [5.74, 6) is 0.356. The lowest BCUT2D eigenvalue weighted by molar-refractivity contribution is 0.0785. The SMILES string of the molecule is CSc1cccc(CN(C)C(=O)c2cccc(-c3cn[nH]c3C(C)C)c2)c1. The molecule has 0 atom stereocenters. The number of hydrogen-bond donors (Lipinski definition) is 1. The van der Waals surface area contributed by atoms with Crippen LogP contribution in [0.2, 0.25) is 0 Å². The maximum atomic E-state index is 12.9. The van der Waals surface area contributed by atoms with Gasteiger partial charge in [-0.15, -0.1) is 11.8 Å². The Morgan fingerprint density at radius 2 is 1.96 bits per heavy atom. The van der Waals surface area contributed by atoms with Crippen LogP contribution in [0.4, 0.5) is 0 Å². The second-order valence-corrected chi connectivity index (χ2v) is 7.83. The number of nitrogens with zero attached hydrogens (tertiary/aromatic N) is 2. The highest BCUT2D eigenvalue weighted by Gasteiger charge is 2.16. The Morgan fingerprint density at radius 3 is 2.70 bits per heavy atom. The standard InChI is InChI=1S/C22H25N3OS/c1-15(2)21-20(13-23-24-21)17-8-6-9-18(12-17)22(26)25(3)14-16-7-5-10-19(11-16)27-4/h5-13,15H,14H2,1-4H3,(H,23,24). The van der Waals surface area contributed by atoms with E-state index in [0.717, 1.165) is 22.4 Å². The first-order valence-electron chi connectivity index (χ1n) is 9.01. The van der Waals surface area contributed by atoms with Gasteiger partial charge < -0.3 is 4.90 Å². The smallest absolute Gasteiger partial charge is 0.253 e. The van der Waals surface area contributed by atoms with Gasteiger partial charge in [-0.3, -0.25) is 9.89 Å². The molecule has 2 aromatic carbocycles. The van der Waals surface area contributed by atoms with Crippen molar-refractivity contribution in [3.05, 3.63) is 71.5 Å². The lowest BCUT2D eigenvalue weighted by Gasteiger charge is -2.18. The fourth-order valence-electron chi connectivity index (χ4n) is 3.12. The van der Waals surface area contributed by atoms with Gasteiger partial charge in [-0.2, -0.15) is 5.10 Å². The minimum absolute atomic E-state index is 0.0148. The lowest BCUT2D eigenvalue weighted by atomic mass is 9.98. The number of hydrogen-bond acceptors (Lipinski definition) is 3. The van der Waals surface area contributed by atoms with Crippen LogP contribution in [-0.4, -0.2) is 34.3 Å². The maximum absolute atomic E-state index is 12.9. The molecule has 1 N–H and O–H groups in total. The van der Waals surface area contributed by atoms with Crippen LogP contribution in [0.1, 0.15) is 41.4 Å². The van der Waals surface area contributed by atoms with Crippen molar-refractivity contribution in [2.45, 2.75) is 31.2 Å². The molecule has 0 fully saturated rings.